The van der Waals surface area contributed by atoms with Gasteiger partial charge < -0.3 is 20.1 Å². The molecule has 2 N–H and O–H groups in total. The molecule has 0 bridgehead atoms. The van der Waals surface area contributed by atoms with Gasteiger partial charge in [-0.1, -0.05) is 12.1 Å². The maximum Gasteiger partial charge on any atom is 0.573 e. The Balaban J connectivity index is 0.00000181. The van der Waals surface area contributed by atoms with Crippen molar-refractivity contribution in [1.82, 2.24) is 10.6 Å². The topological polar surface area (TPSA) is 42.5 Å². The quantitative estimate of drug-likeness (QED) is 0.483. The minimum Gasteiger partial charge on any atom is -0.490 e. The lowest BCUT2D eigenvalue weighted by atomic mass is 9.92. The number of ether oxygens (including phenoxy) is 2. The SMILES string of the molecule is Cl.Cl.Fc1ccc(C2NCCCC2NCc2cc(OC(F)(F)F)ccc2OC2CC2)cc1. The standard InChI is InChI=1S/C22H24F4N2O2.2ClH/c23-16-5-3-14(4-6-16)21-19(2-1-11-27-21)28-13-15-12-18(30-22(24,25)26)9-10-20(15)29-17-7-8-17;;/h3-6,9-10,12,17,19,21,27-28H,1-2,7-8,11,13H2;2*1H. The first-order chi connectivity index (χ1) is 14.4. The van der Waals surface area contributed by atoms with Crippen molar-refractivity contribution in [3.05, 3.63) is 59.4 Å². The van der Waals surface area contributed by atoms with E-state index in [0.29, 0.717) is 17.9 Å². The van der Waals surface area contributed by atoms with Crippen LogP contribution in [0.3, 0.4) is 0 Å². The highest BCUT2D eigenvalue weighted by molar-refractivity contribution is 5.85. The van der Waals surface area contributed by atoms with Crippen LogP contribution in [0, 0.1) is 5.82 Å². The Morgan fingerprint density at radius 1 is 1.00 bits per heavy atom. The zero-order chi connectivity index (χ0) is 21.1. The van der Waals surface area contributed by atoms with Crippen LogP contribution in [0.5, 0.6) is 11.5 Å². The van der Waals surface area contributed by atoms with Gasteiger partial charge in [-0.2, -0.15) is 0 Å². The normalized spacial score (nSPS) is 20.6. The lowest BCUT2D eigenvalue weighted by Crippen LogP contribution is -2.45. The Kier molecular flexibility index (Phi) is 9.45. The molecule has 2 fully saturated rings. The Bertz CT molecular complexity index is 864. The van der Waals surface area contributed by atoms with Gasteiger partial charge in [0.15, 0.2) is 0 Å². The van der Waals surface area contributed by atoms with E-state index in [1.54, 1.807) is 12.1 Å². The molecule has 1 aliphatic heterocycles. The Morgan fingerprint density at radius 2 is 1.72 bits per heavy atom. The number of halogens is 6. The number of nitrogens with one attached hydrogen (secondary N) is 2. The third kappa shape index (κ3) is 7.40. The first kappa shape index (κ1) is 26.5. The van der Waals surface area contributed by atoms with E-state index >= 15 is 0 Å². The van der Waals surface area contributed by atoms with Crippen molar-refractivity contribution in [2.24, 2.45) is 0 Å². The number of rotatable bonds is 7. The molecule has 2 unspecified atom stereocenters. The molecule has 10 heteroatoms. The van der Waals surface area contributed by atoms with Crippen LogP contribution in [-0.2, 0) is 6.54 Å². The van der Waals surface area contributed by atoms with E-state index in [1.165, 1.54) is 30.3 Å². The predicted octanol–water partition coefficient (Wildman–Crippen LogP) is 5.69. The lowest BCUT2D eigenvalue weighted by molar-refractivity contribution is -0.274. The minimum absolute atomic E-state index is 0. The molecular formula is C22H26Cl2F4N2O2. The fourth-order valence-corrected chi connectivity index (χ4v) is 3.74. The van der Waals surface area contributed by atoms with Crippen molar-refractivity contribution < 1.29 is 27.0 Å². The highest BCUT2D eigenvalue weighted by Crippen LogP contribution is 2.33. The molecule has 0 aromatic heterocycles. The number of hydrogen-bond acceptors (Lipinski definition) is 4. The van der Waals surface area contributed by atoms with Gasteiger partial charge in [0.05, 0.1) is 6.10 Å². The second-order valence-corrected chi connectivity index (χ2v) is 7.75. The maximum atomic E-state index is 13.3. The van der Waals surface area contributed by atoms with Gasteiger partial charge in [0.25, 0.3) is 0 Å². The zero-order valence-electron chi connectivity index (χ0n) is 17.2. The zero-order valence-corrected chi connectivity index (χ0v) is 18.8. The number of piperidine rings is 1. The van der Waals surface area contributed by atoms with Crippen LogP contribution in [0.2, 0.25) is 0 Å². The number of hydrogen-bond donors (Lipinski definition) is 2. The Hall–Kier alpha value is -1.74. The van der Waals surface area contributed by atoms with Crippen LogP contribution in [0.25, 0.3) is 0 Å². The molecule has 4 rings (SSSR count). The molecule has 178 valence electrons. The van der Waals surface area contributed by atoms with Gasteiger partial charge in [-0.15, -0.1) is 38.0 Å². The van der Waals surface area contributed by atoms with E-state index in [0.717, 1.165) is 37.8 Å². The van der Waals surface area contributed by atoms with Gasteiger partial charge >= 0.3 is 6.36 Å². The number of benzene rings is 2. The van der Waals surface area contributed by atoms with E-state index < -0.39 is 6.36 Å². The summed E-state index contributed by atoms with van der Waals surface area (Å²) >= 11 is 0. The summed E-state index contributed by atoms with van der Waals surface area (Å²) in [5.74, 6) is 0.0170. The molecule has 2 aromatic rings. The molecule has 4 nitrogen and oxygen atoms in total. The third-order valence-electron chi connectivity index (χ3n) is 5.33. The molecule has 1 saturated heterocycles. The fraction of sp³-hybridized carbons (Fsp3) is 0.455. The monoisotopic (exact) mass is 496 g/mol. The van der Waals surface area contributed by atoms with Crippen LogP contribution >= 0.6 is 24.8 Å². The Labute approximate surface area is 196 Å². The van der Waals surface area contributed by atoms with Gasteiger partial charge in [0.1, 0.15) is 17.3 Å². The van der Waals surface area contributed by atoms with Crippen molar-refractivity contribution in [3.63, 3.8) is 0 Å². The summed E-state index contributed by atoms with van der Waals surface area (Å²) in [7, 11) is 0. The summed E-state index contributed by atoms with van der Waals surface area (Å²) in [4.78, 5) is 0. The van der Waals surface area contributed by atoms with Crippen LogP contribution in [0.1, 0.15) is 42.9 Å². The van der Waals surface area contributed by atoms with Crippen LogP contribution in [0.4, 0.5) is 17.6 Å². The Morgan fingerprint density at radius 3 is 2.38 bits per heavy atom. The second-order valence-electron chi connectivity index (χ2n) is 7.75. The van der Waals surface area contributed by atoms with E-state index in [-0.39, 0.29) is 54.6 Å². The van der Waals surface area contributed by atoms with Gasteiger partial charge in [-0.3, -0.25) is 0 Å². The first-order valence-corrected chi connectivity index (χ1v) is 10.1. The minimum atomic E-state index is -4.75. The van der Waals surface area contributed by atoms with Crippen molar-refractivity contribution in [1.29, 1.82) is 0 Å². The largest absolute Gasteiger partial charge is 0.573 e. The second kappa shape index (κ2) is 11.4. The van der Waals surface area contributed by atoms with Crippen molar-refractivity contribution >= 4 is 24.8 Å². The molecule has 1 heterocycles. The van der Waals surface area contributed by atoms with Crippen LogP contribution in [-0.4, -0.2) is 25.1 Å². The van der Waals surface area contributed by atoms with Crippen molar-refractivity contribution in [2.45, 2.75) is 56.8 Å². The summed E-state index contributed by atoms with van der Waals surface area (Å²) in [6.07, 6.45) is -0.851. The average molecular weight is 497 g/mol. The molecule has 0 amide bonds. The third-order valence-corrected chi connectivity index (χ3v) is 5.33. The molecule has 32 heavy (non-hydrogen) atoms. The van der Waals surface area contributed by atoms with E-state index in [2.05, 4.69) is 15.4 Å². The predicted molar refractivity (Wildman–Crippen MR) is 118 cm³/mol. The van der Waals surface area contributed by atoms with E-state index in [1.807, 2.05) is 0 Å². The van der Waals surface area contributed by atoms with E-state index in [9.17, 15) is 17.6 Å². The smallest absolute Gasteiger partial charge is 0.490 e. The number of alkyl halides is 3. The molecular weight excluding hydrogens is 471 g/mol. The van der Waals surface area contributed by atoms with Gasteiger partial charge in [0.2, 0.25) is 0 Å². The van der Waals surface area contributed by atoms with Crippen molar-refractivity contribution in [3.8, 4) is 11.5 Å². The molecule has 2 atom stereocenters. The summed E-state index contributed by atoms with van der Waals surface area (Å²) in [5.41, 5.74) is 1.59. The maximum absolute atomic E-state index is 13.3. The lowest BCUT2D eigenvalue weighted by Gasteiger charge is -2.34. The summed E-state index contributed by atoms with van der Waals surface area (Å²) in [6, 6.07) is 10.6. The van der Waals surface area contributed by atoms with Gasteiger partial charge in [-0.05, 0) is 68.1 Å². The van der Waals surface area contributed by atoms with Gasteiger partial charge in [0, 0.05) is 24.2 Å². The van der Waals surface area contributed by atoms with Gasteiger partial charge in [-0.25, -0.2) is 4.39 Å². The van der Waals surface area contributed by atoms with Crippen LogP contribution in [0.15, 0.2) is 42.5 Å². The summed E-state index contributed by atoms with van der Waals surface area (Å²) in [6.45, 7) is 1.19. The average Bonchev–Trinajstić information content (AvgIpc) is 3.52. The fourth-order valence-electron chi connectivity index (χ4n) is 3.74. The first-order valence-electron chi connectivity index (χ1n) is 10.1. The molecule has 1 saturated carbocycles. The van der Waals surface area contributed by atoms with E-state index in [4.69, 9.17) is 4.74 Å². The highest BCUT2D eigenvalue weighted by atomic mass is 35.5. The molecule has 0 radical (unpaired) electrons. The van der Waals surface area contributed by atoms with Crippen LogP contribution < -0.4 is 20.1 Å². The molecule has 1 aliphatic carbocycles. The molecule has 2 aliphatic rings. The molecule has 2 aromatic carbocycles. The van der Waals surface area contributed by atoms with Crippen molar-refractivity contribution in [2.75, 3.05) is 6.54 Å². The molecule has 0 spiro atoms. The summed E-state index contributed by atoms with van der Waals surface area (Å²) < 4.78 is 61.1. The highest BCUT2D eigenvalue weighted by Gasteiger charge is 2.32. The summed E-state index contributed by atoms with van der Waals surface area (Å²) in [5, 5.41) is 6.90.